The highest BCUT2D eigenvalue weighted by molar-refractivity contribution is 5.61. The zero-order valence-electron chi connectivity index (χ0n) is 8.45. The van der Waals surface area contributed by atoms with Crippen LogP contribution >= 0.6 is 0 Å². The van der Waals surface area contributed by atoms with E-state index in [1.807, 2.05) is 6.07 Å². The Balaban J connectivity index is 2.49. The van der Waals surface area contributed by atoms with E-state index >= 15 is 0 Å². The van der Waals surface area contributed by atoms with Gasteiger partial charge in [-0.25, -0.2) is 4.98 Å². The van der Waals surface area contributed by atoms with Crippen LogP contribution in [-0.4, -0.2) is 4.98 Å². The van der Waals surface area contributed by atoms with E-state index in [1.165, 1.54) is 12.0 Å². The lowest BCUT2D eigenvalue weighted by Gasteiger charge is -1.99. The van der Waals surface area contributed by atoms with Crippen LogP contribution in [0, 0.1) is 6.92 Å². The Morgan fingerprint density at radius 3 is 2.93 bits per heavy atom. The Bertz CT molecular complexity index is 431. The van der Waals surface area contributed by atoms with Crippen molar-refractivity contribution >= 4 is 0 Å². The minimum Gasteiger partial charge on any atom is -0.448 e. The van der Waals surface area contributed by atoms with Gasteiger partial charge in [0, 0.05) is 12.0 Å². The number of hydrogen-bond acceptors (Lipinski definition) is 2. The Labute approximate surface area is 83.6 Å². The van der Waals surface area contributed by atoms with Crippen molar-refractivity contribution in [3.05, 3.63) is 42.0 Å². The van der Waals surface area contributed by atoms with Gasteiger partial charge in [-0.15, -0.1) is 0 Å². The lowest BCUT2D eigenvalue weighted by molar-refractivity contribution is 0.510. The summed E-state index contributed by atoms with van der Waals surface area (Å²) in [6.07, 6.45) is 2.39. The normalized spacial score (nSPS) is 10.4. The smallest absolute Gasteiger partial charge is 0.181 e. The van der Waals surface area contributed by atoms with Gasteiger partial charge in [0.15, 0.2) is 6.39 Å². The highest BCUT2D eigenvalue weighted by Crippen LogP contribution is 2.22. The van der Waals surface area contributed by atoms with Crippen LogP contribution in [0.1, 0.15) is 18.2 Å². The fourth-order valence-corrected chi connectivity index (χ4v) is 1.55. The summed E-state index contributed by atoms with van der Waals surface area (Å²) >= 11 is 0. The van der Waals surface area contributed by atoms with Gasteiger partial charge >= 0.3 is 0 Å². The van der Waals surface area contributed by atoms with E-state index in [0.717, 1.165) is 23.4 Å². The second kappa shape index (κ2) is 3.66. The van der Waals surface area contributed by atoms with Gasteiger partial charge in [-0.1, -0.05) is 30.7 Å². The fourth-order valence-electron chi connectivity index (χ4n) is 1.55. The minimum absolute atomic E-state index is 0.878. The quantitative estimate of drug-likeness (QED) is 0.721. The Morgan fingerprint density at radius 1 is 1.36 bits per heavy atom. The van der Waals surface area contributed by atoms with E-state index in [0.29, 0.717) is 0 Å². The summed E-state index contributed by atoms with van der Waals surface area (Å²) in [5, 5.41) is 0. The second-order valence-corrected chi connectivity index (χ2v) is 3.35. The summed E-state index contributed by atoms with van der Waals surface area (Å²) < 4.78 is 5.30. The molecule has 14 heavy (non-hydrogen) atoms. The number of hydrogen-bond donors (Lipinski definition) is 0. The molecule has 0 bridgehead atoms. The van der Waals surface area contributed by atoms with Crippen molar-refractivity contribution in [1.82, 2.24) is 4.98 Å². The number of benzene rings is 1. The van der Waals surface area contributed by atoms with Gasteiger partial charge in [0.25, 0.3) is 0 Å². The molecule has 0 unspecified atom stereocenters. The average Bonchev–Trinajstić information content (AvgIpc) is 2.65. The van der Waals surface area contributed by atoms with Crippen LogP contribution in [0.2, 0.25) is 0 Å². The molecule has 0 spiro atoms. The number of rotatable bonds is 2. The third-order valence-corrected chi connectivity index (χ3v) is 2.25. The van der Waals surface area contributed by atoms with Crippen molar-refractivity contribution < 1.29 is 4.42 Å². The monoisotopic (exact) mass is 187 g/mol. The van der Waals surface area contributed by atoms with E-state index in [9.17, 15) is 0 Å². The Kier molecular flexibility index (Phi) is 2.35. The van der Waals surface area contributed by atoms with Crippen LogP contribution in [-0.2, 0) is 6.42 Å². The highest BCUT2D eigenvalue weighted by atomic mass is 16.3. The van der Waals surface area contributed by atoms with Crippen molar-refractivity contribution in [2.45, 2.75) is 20.3 Å². The predicted octanol–water partition coefficient (Wildman–Crippen LogP) is 3.21. The fraction of sp³-hybridized carbons (Fsp3) is 0.250. The van der Waals surface area contributed by atoms with Crippen LogP contribution < -0.4 is 0 Å². The molecule has 0 fully saturated rings. The van der Waals surface area contributed by atoms with Crippen molar-refractivity contribution in [1.29, 1.82) is 0 Å². The number of aryl methyl sites for hydroxylation is 2. The molecule has 72 valence electrons. The molecule has 0 amide bonds. The molecule has 0 radical (unpaired) electrons. The molecule has 0 aliphatic carbocycles. The van der Waals surface area contributed by atoms with Gasteiger partial charge in [-0.2, -0.15) is 0 Å². The molecule has 1 aromatic carbocycles. The summed E-state index contributed by atoms with van der Waals surface area (Å²) in [6, 6.07) is 8.30. The molecule has 0 saturated heterocycles. The zero-order chi connectivity index (χ0) is 9.97. The molecule has 2 aromatic rings. The van der Waals surface area contributed by atoms with Gasteiger partial charge in [0.1, 0.15) is 11.5 Å². The molecular weight excluding hydrogens is 174 g/mol. The third kappa shape index (κ3) is 1.55. The standard InChI is InChI=1S/C12H13NO/c1-3-11-12(13-8-14-11)10-6-4-5-9(2)7-10/h4-8H,3H2,1-2H3. The predicted molar refractivity (Wildman–Crippen MR) is 56.1 cm³/mol. The minimum atomic E-state index is 0.878. The van der Waals surface area contributed by atoms with Crippen molar-refractivity contribution in [2.75, 3.05) is 0 Å². The summed E-state index contributed by atoms with van der Waals surface area (Å²) in [6.45, 7) is 4.15. The molecule has 2 heteroatoms. The van der Waals surface area contributed by atoms with Crippen LogP contribution in [0.25, 0.3) is 11.3 Å². The molecule has 0 aliphatic rings. The van der Waals surface area contributed by atoms with Crippen molar-refractivity contribution in [3.8, 4) is 11.3 Å². The lowest BCUT2D eigenvalue weighted by Crippen LogP contribution is -1.84. The van der Waals surface area contributed by atoms with Gasteiger partial charge in [0.2, 0.25) is 0 Å². The van der Waals surface area contributed by atoms with E-state index in [1.54, 1.807) is 0 Å². The Morgan fingerprint density at radius 2 is 2.21 bits per heavy atom. The maximum atomic E-state index is 5.30. The van der Waals surface area contributed by atoms with Gasteiger partial charge in [0.05, 0.1) is 0 Å². The molecule has 0 atom stereocenters. The van der Waals surface area contributed by atoms with Crippen LogP contribution in [0.4, 0.5) is 0 Å². The van der Waals surface area contributed by atoms with E-state index in [2.05, 4.69) is 37.0 Å². The molecule has 0 N–H and O–H groups in total. The molecular formula is C12H13NO. The number of oxazole rings is 1. The highest BCUT2D eigenvalue weighted by Gasteiger charge is 2.07. The summed E-state index contributed by atoms with van der Waals surface area (Å²) in [7, 11) is 0. The molecule has 2 nitrogen and oxygen atoms in total. The van der Waals surface area contributed by atoms with E-state index in [-0.39, 0.29) is 0 Å². The van der Waals surface area contributed by atoms with Gasteiger partial charge in [-0.3, -0.25) is 0 Å². The Hall–Kier alpha value is -1.57. The number of nitrogens with zero attached hydrogens (tertiary/aromatic N) is 1. The molecule has 1 heterocycles. The second-order valence-electron chi connectivity index (χ2n) is 3.35. The largest absolute Gasteiger partial charge is 0.448 e. The third-order valence-electron chi connectivity index (χ3n) is 2.25. The van der Waals surface area contributed by atoms with Crippen molar-refractivity contribution in [2.24, 2.45) is 0 Å². The first-order chi connectivity index (χ1) is 6.81. The summed E-state index contributed by atoms with van der Waals surface area (Å²) in [4.78, 5) is 4.23. The summed E-state index contributed by atoms with van der Waals surface area (Å²) in [5.74, 6) is 0.954. The average molecular weight is 187 g/mol. The summed E-state index contributed by atoms with van der Waals surface area (Å²) in [5.41, 5.74) is 3.35. The number of aromatic nitrogens is 1. The van der Waals surface area contributed by atoms with Gasteiger partial charge < -0.3 is 4.42 Å². The van der Waals surface area contributed by atoms with Crippen LogP contribution in [0.3, 0.4) is 0 Å². The van der Waals surface area contributed by atoms with Gasteiger partial charge in [-0.05, 0) is 13.0 Å². The molecule has 2 rings (SSSR count). The SMILES string of the molecule is CCc1ocnc1-c1cccc(C)c1. The molecule has 0 saturated carbocycles. The van der Waals surface area contributed by atoms with E-state index < -0.39 is 0 Å². The van der Waals surface area contributed by atoms with Crippen LogP contribution in [0.15, 0.2) is 35.1 Å². The first kappa shape index (κ1) is 9.00. The lowest BCUT2D eigenvalue weighted by atomic mass is 10.1. The first-order valence-electron chi connectivity index (χ1n) is 4.80. The maximum Gasteiger partial charge on any atom is 0.181 e. The maximum absolute atomic E-state index is 5.30. The molecule has 1 aromatic heterocycles. The van der Waals surface area contributed by atoms with Crippen molar-refractivity contribution in [3.63, 3.8) is 0 Å². The molecule has 0 aliphatic heterocycles. The zero-order valence-corrected chi connectivity index (χ0v) is 8.45. The topological polar surface area (TPSA) is 26.0 Å². The van der Waals surface area contributed by atoms with Crippen LogP contribution in [0.5, 0.6) is 0 Å². The first-order valence-corrected chi connectivity index (χ1v) is 4.80. The van der Waals surface area contributed by atoms with E-state index in [4.69, 9.17) is 4.42 Å².